The third-order valence-corrected chi connectivity index (χ3v) is 2.97. The zero-order chi connectivity index (χ0) is 14.4. The molecule has 2 aromatic rings. The summed E-state index contributed by atoms with van der Waals surface area (Å²) in [5.74, 6) is 1.52. The predicted octanol–water partition coefficient (Wildman–Crippen LogP) is 3.00. The Morgan fingerprint density at radius 3 is 2.30 bits per heavy atom. The predicted molar refractivity (Wildman–Crippen MR) is 78.9 cm³/mol. The van der Waals surface area contributed by atoms with Crippen LogP contribution in [0.15, 0.2) is 42.5 Å². The molecular weight excluding hydrogens is 254 g/mol. The number of anilines is 1. The first-order chi connectivity index (χ1) is 9.72. The van der Waals surface area contributed by atoms with Gasteiger partial charge in [0.25, 0.3) is 0 Å². The van der Waals surface area contributed by atoms with Gasteiger partial charge in [-0.25, -0.2) is 0 Å². The van der Waals surface area contributed by atoms with Gasteiger partial charge < -0.3 is 19.9 Å². The Balaban J connectivity index is 1.90. The Bertz CT molecular complexity index is 569. The van der Waals surface area contributed by atoms with Gasteiger partial charge in [0.2, 0.25) is 0 Å². The Hall–Kier alpha value is -2.20. The van der Waals surface area contributed by atoms with Crippen LogP contribution in [-0.2, 0) is 18.0 Å². The van der Waals surface area contributed by atoms with Crippen molar-refractivity contribution in [3.8, 4) is 11.5 Å². The van der Waals surface area contributed by atoms with E-state index in [2.05, 4.69) is 0 Å². The maximum Gasteiger partial charge on any atom is 0.141 e. The van der Waals surface area contributed by atoms with Crippen LogP contribution in [0.2, 0.25) is 0 Å². The minimum absolute atomic E-state index is 0.505. The number of nitrogen functional groups attached to an aromatic ring is 1. The minimum atomic E-state index is 0.505. The van der Waals surface area contributed by atoms with Crippen LogP contribution in [0.1, 0.15) is 11.1 Å². The van der Waals surface area contributed by atoms with Crippen molar-refractivity contribution >= 4 is 5.69 Å². The molecule has 0 bridgehead atoms. The van der Waals surface area contributed by atoms with Crippen molar-refractivity contribution in [1.82, 2.24) is 0 Å². The van der Waals surface area contributed by atoms with Gasteiger partial charge in [0.15, 0.2) is 0 Å². The molecule has 0 fully saturated rings. The summed E-state index contributed by atoms with van der Waals surface area (Å²) in [7, 11) is 3.25. The second-order valence-corrected chi connectivity index (χ2v) is 4.42. The summed E-state index contributed by atoms with van der Waals surface area (Å²) in [6.45, 7) is 1.04. The van der Waals surface area contributed by atoms with Crippen LogP contribution in [0.4, 0.5) is 5.69 Å². The molecule has 2 N–H and O–H groups in total. The van der Waals surface area contributed by atoms with Crippen molar-refractivity contribution in [3.05, 3.63) is 53.6 Å². The number of methoxy groups -OCH3 is 2. The topological polar surface area (TPSA) is 53.7 Å². The highest BCUT2D eigenvalue weighted by atomic mass is 16.5. The molecule has 0 radical (unpaired) electrons. The standard InChI is InChI=1S/C16H19NO3/c1-18-14-5-3-4-12(8-14)10-20-11-13-6-7-16(19-2)15(17)9-13/h3-9H,10-11,17H2,1-2H3. The molecule has 2 aromatic carbocycles. The van der Waals surface area contributed by atoms with E-state index in [9.17, 15) is 0 Å². The summed E-state index contributed by atoms with van der Waals surface area (Å²) in [6.07, 6.45) is 0. The van der Waals surface area contributed by atoms with Crippen molar-refractivity contribution in [2.24, 2.45) is 0 Å². The monoisotopic (exact) mass is 273 g/mol. The molecule has 0 unspecified atom stereocenters. The van der Waals surface area contributed by atoms with Crippen LogP contribution < -0.4 is 15.2 Å². The Morgan fingerprint density at radius 2 is 1.65 bits per heavy atom. The summed E-state index contributed by atoms with van der Waals surface area (Å²) in [4.78, 5) is 0. The molecule has 4 heteroatoms. The number of ether oxygens (including phenoxy) is 3. The molecule has 0 spiro atoms. The van der Waals surface area contributed by atoms with E-state index in [-0.39, 0.29) is 0 Å². The van der Waals surface area contributed by atoms with Crippen LogP contribution in [0.25, 0.3) is 0 Å². The van der Waals surface area contributed by atoms with Gasteiger partial charge in [-0.05, 0) is 35.4 Å². The molecule has 0 saturated heterocycles. The normalized spacial score (nSPS) is 10.3. The summed E-state index contributed by atoms with van der Waals surface area (Å²) in [5.41, 5.74) is 8.57. The molecule has 0 heterocycles. The highest BCUT2D eigenvalue weighted by Gasteiger charge is 2.02. The molecule has 106 valence electrons. The quantitative estimate of drug-likeness (QED) is 0.822. The second kappa shape index (κ2) is 6.82. The first-order valence-corrected chi connectivity index (χ1v) is 6.36. The average Bonchev–Trinajstić information content (AvgIpc) is 2.48. The molecule has 0 aliphatic heterocycles. The van der Waals surface area contributed by atoms with E-state index in [4.69, 9.17) is 19.9 Å². The molecular formula is C16H19NO3. The van der Waals surface area contributed by atoms with Gasteiger partial charge in [0, 0.05) is 0 Å². The Labute approximate surface area is 119 Å². The maximum atomic E-state index is 5.86. The minimum Gasteiger partial charge on any atom is -0.497 e. The Kier molecular flexibility index (Phi) is 4.85. The van der Waals surface area contributed by atoms with E-state index in [0.29, 0.717) is 24.7 Å². The largest absolute Gasteiger partial charge is 0.497 e. The smallest absolute Gasteiger partial charge is 0.141 e. The lowest BCUT2D eigenvalue weighted by molar-refractivity contribution is 0.107. The zero-order valence-electron chi connectivity index (χ0n) is 11.8. The molecule has 0 amide bonds. The fourth-order valence-electron chi connectivity index (χ4n) is 1.92. The van der Waals surface area contributed by atoms with Crippen LogP contribution in [0.5, 0.6) is 11.5 Å². The maximum absolute atomic E-state index is 5.86. The summed E-state index contributed by atoms with van der Waals surface area (Å²) in [5, 5.41) is 0. The zero-order valence-corrected chi connectivity index (χ0v) is 11.8. The van der Waals surface area contributed by atoms with E-state index in [1.165, 1.54) is 0 Å². The van der Waals surface area contributed by atoms with Gasteiger partial charge in [0.05, 0.1) is 33.1 Å². The van der Waals surface area contributed by atoms with Crippen molar-refractivity contribution in [3.63, 3.8) is 0 Å². The third kappa shape index (κ3) is 3.65. The van der Waals surface area contributed by atoms with Crippen molar-refractivity contribution in [1.29, 1.82) is 0 Å². The fourth-order valence-corrected chi connectivity index (χ4v) is 1.92. The second-order valence-electron chi connectivity index (χ2n) is 4.42. The summed E-state index contributed by atoms with van der Waals surface area (Å²) >= 11 is 0. The SMILES string of the molecule is COc1cccc(COCc2ccc(OC)c(N)c2)c1. The number of benzene rings is 2. The van der Waals surface area contributed by atoms with E-state index in [0.717, 1.165) is 16.9 Å². The Morgan fingerprint density at radius 1 is 0.900 bits per heavy atom. The van der Waals surface area contributed by atoms with Gasteiger partial charge in [-0.3, -0.25) is 0 Å². The first-order valence-electron chi connectivity index (χ1n) is 6.36. The molecule has 0 aromatic heterocycles. The average molecular weight is 273 g/mol. The molecule has 0 aliphatic carbocycles. The molecule has 0 aliphatic rings. The molecule has 0 saturated carbocycles. The fraction of sp³-hybridized carbons (Fsp3) is 0.250. The highest BCUT2D eigenvalue weighted by Crippen LogP contribution is 2.22. The van der Waals surface area contributed by atoms with Gasteiger partial charge in [-0.15, -0.1) is 0 Å². The first kappa shape index (κ1) is 14.2. The van der Waals surface area contributed by atoms with E-state index in [1.54, 1.807) is 14.2 Å². The van der Waals surface area contributed by atoms with E-state index in [1.807, 2.05) is 42.5 Å². The van der Waals surface area contributed by atoms with Gasteiger partial charge >= 0.3 is 0 Å². The molecule has 0 atom stereocenters. The van der Waals surface area contributed by atoms with Crippen LogP contribution in [0.3, 0.4) is 0 Å². The van der Waals surface area contributed by atoms with Crippen LogP contribution in [-0.4, -0.2) is 14.2 Å². The van der Waals surface area contributed by atoms with Crippen molar-refractivity contribution < 1.29 is 14.2 Å². The summed E-state index contributed by atoms with van der Waals surface area (Å²) in [6, 6.07) is 13.5. The lowest BCUT2D eigenvalue weighted by atomic mass is 10.2. The molecule has 2 rings (SSSR count). The third-order valence-electron chi connectivity index (χ3n) is 2.97. The summed E-state index contributed by atoms with van der Waals surface area (Å²) < 4.78 is 16.0. The molecule has 20 heavy (non-hydrogen) atoms. The van der Waals surface area contributed by atoms with Crippen molar-refractivity contribution in [2.45, 2.75) is 13.2 Å². The lowest BCUT2D eigenvalue weighted by Gasteiger charge is -2.09. The number of hydrogen-bond acceptors (Lipinski definition) is 4. The molecule has 4 nitrogen and oxygen atoms in total. The van der Waals surface area contributed by atoms with Crippen LogP contribution >= 0.6 is 0 Å². The van der Waals surface area contributed by atoms with E-state index >= 15 is 0 Å². The van der Waals surface area contributed by atoms with Crippen molar-refractivity contribution in [2.75, 3.05) is 20.0 Å². The lowest BCUT2D eigenvalue weighted by Crippen LogP contribution is -1.97. The van der Waals surface area contributed by atoms with Gasteiger partial charge in [-0.1, -0.05) is 18.2 Å². The highest BCUT2D eigenvalue weighted by molar-refractivity contribution is 5.54. The van der Waals surface area contributed by atoms with Gasteiger partial charge in [-0.2, -0.15) is 0 Å². The van der Waals surface area contributed by atoms with Gasteiger partial charge in [0.1, 0.15) is 11.5 Å². The number of rotatable bonds is 6. The van der Waals surface area contributed by atoms with Crippen LogP contribution in [0, 0.1) is 0 Å². The number of hydrogen-bond donors (Lipinski definition) is 1. The number of nitrogens with two attached hydrogens (primary N) is 1. The van der Waals surface area contributed by atoms with E-state index < -0.39 is 0 Å².